The van der Waals surface area contributed by atoms with Crippen molar-refractivity contribution >= 4 is 24.0 Å². The predicted molar refractivity (Wildman–Crippen MR) is 100 cm³/mol. The van der Waals surface area contributed by atoms with E-state index in [1.54, 1.807) is 0 Å². The molecule has 0 spiro atoms. The molecule has 2 aliphatic rings. The van der Waals surface area contributed by atoms with Crippen LogP contribution in [0.25, 0.3) is 0 Å². The van der Waals surface area contributed by atoms with Crippen LogP contribution in [0.5, 0.6) is 0 Å². The van der Waals surface area contributed by atoms with Gasteiger partial charge in [-0.3, -0.25) is 9.89 Å². The first-order chi connectivity index (χ1) is 11.8. The molecule has 1 aromatic carbocycles. The van der Waals surface area contributed by atoms with E-state index >= 15 is 0 Å². The van der Waals surface area contributed by atoms with Crippen LogP contribution < -0.4 is 10.2 Å². The third kappa shape index (κ3) is 3.65. The molecule has 1 amide bonds. The number of fused-ring (bicyclic) bond motifs is 1. The molecule has 25 heavy (non-hydrogen) atoms. The molecule has 0 unspecified atom stereocenters. The summed E-state index contributed by atoms with van der Waals surface area (Å²) in [4.78, 5) is 17.2. The third-order valence-electron chi connectivity index (χ3n) is 4.91. The number of rotatable bonds is 2. The zero-order chi connectivity index (χ0) is 16.4. The minimum Gasteiger partial charge on any atom is -0.370 e. The minimum atomic E-state index is 0. The summed E-state index contributed by atoms with van der Waals surface area (Å²) in [6.45, 7) is 5.05. The number of H-pyrrole nitrogens is 1. The molecular weight excluding hydrogens is 338 g/mol. The number of para-hydroxylation sites is 1. The molecule has 134 valence electrons. The van der Waals surface area contributed by atoms with Crippen LogP contribution in [-0.4, -0.2) is 53.7 Å². The fourth-order valence-corrected chi connectivity index (χ4v) is 3.57. The fourth-order valence-electron chi connectivity index (χ4n) is 3.57. The van der Waals surface area contributed by atoms with E-state index in [2.05, 4.69) is 44.7 Å². The van der Waals surface area contributed by atoms with E-state index in [0.29, 0.717) is 5.69 Å². The topological polar surface area (TPSA) is 64.3 Å². The van der Waals surface area contributed by atoms with Crippen molar-refractivity contribution in [1.82, 2.24) is 20.4 Å². The van der Waals surface area contributed by atoms with Gasteiger partial charge in [0.2, 0.25) is 0 Å². The van der Waals surface area contributed by atoms with Crippen LogP contribution in [0.15, 0.2) is 30.3 Å². The van der Waals surface area contributed by atoms with Crippen molar-refractivity contribution in [3.05, 3.63) is 47.3 Å². The SMILES string of the molecule is Cl.O=C(c1n[nH]c2c1CNCC2)N1CCCN(c2ccccc2)CC1. The Kier molecular flexibility index (Phi) is 5.60. The standard InChI is InChI=1S/C18H23N5O.ClH/c24-18(17-15-13-19-8-7-16(15)20-21-17)23-10-4-9-22(11-12-23)14-5-2-1-3-6-14;/h1-3,5-6,19H,4,7-13H2,(H,20,21);1H. The molecule has 1 fully saturated rings. The Morgan fingerprint density at radius 2 is 1.92 bits per heavy atom. The van der Waals surface area contributed by atoms with Gasteiger partial charge in [-0.15, -0.1) is 12.4 Å². The number of nitrogens with one attached hydrogen (secondary N) is 2. The van der Waals surface area contributed by atoms with Crippen molar-refractivity contribution in [1.29, 1.82) is 0 Å². The summed E-state index contributed by atoms with van der Waals surface area (Å²) in [6, 6.07) is 10.4. The molecule has 0 bridgehead atoms. The monoisotopic (exact) mass is 361 g/mol. The highest BCUT2D eigenvalue weighted by Gasteiger charge is 2.27. The number of hydrogen-bond donors (Lipinski definition) is 2. The molecule has 2 N–H and O–H groups in total. The lowest BCUT2D eigenvalue weighted by Crippen LogP contribution is -2.36. The maximum atomic E-state index is 12.9. The summed E-state index contributed by atoms with van der Waals surface area (Å²) in [5.74, 6) is 0.0612. The lowest BCUT2D eigenvalue weighted by Gasteiger charge is -2.23. The van der Waals surface area contributed by atoms with E-state index in [9.17, 15) is 4.79 Å². The number of carbonyl (C=O) groups excluding carboxylic acids is 1. The molecular formula is C18H24ClN5O. The Balaban J connectivity index is 0.00000182. The third-order valence-corrected chi connectivity index (χ3v) is 4.91. The zero-order valence-electron chi connectivity index (χ0n) is 14.2. The highest BCUT2D eigenvalue weighted by Crippen LogP contribution is 2.20. The quantitative estimate of drug-likeness (QED) is 0.856. The van der Waals surface area contributed by atoms with Crippen LogP contribution in [0.3, 0.4) is 0 Å². The highest BCUT2D eigenvalue weighted by atomic mass is 35.5. The Labute approximate surface area is 154 Å². The van der Waals surface area contributed by atoms with E-state index in [-0.39, 0.29) is 18.3 Å². The Bertz CT molecular complexity index is 718. The van der Waals surface area contributed by atoms with Gasteiger partial charge in [-0.25, -0.2) is 0 Å². The second-order valence-corrected chi connectivity index (χ2v) is 6.42. The fraction of sp³-hybridized carbons (Fsp3) is 0.444. The summed E-state index contributed by atoms with van der Waals surface area (Å²) >= 11 is 0. The van der Waals surface area contributed by atoms with E-state index < -0.39 is 0 Å². The van der Waals surface area contributed by atoms with Gasteiger partial charge in [0.1, 0.15) is 0 Å². The number of amides is 1. The number of nitrogens with zero attached hydrogens (tertiary/aromatic N) is 3. The first-order valence-electron chi connectivity index (χ1n) is 8.69. The van der Waals surface area contributed by atoms with Crippen molar-refractivity contribution in [3.63, 3.8) is 0 Å². The van der Waals surface area contributed by atoms with E-state index in [1.165, 1.54) is 5.69 Å². The van der Waals surface area contributed by atoms with E-state index in [4.69, 9.17) is 0 Å². The molecule has 4 rings (SSSR count). The Morgan fingerprint density at radius 1 is 1.08 bits per heavy atom. The lowest BCUT2D eigenvalue weighted by molar-refractivity contribution is 0.0759. The molecule has 2 aromatic rings. The number of aromatic nitrogens is 2. The summed E-state index contributed by atoms with van der Waals surface area (Å²) in [5.41, 5.74) is 3.99. The van der Waals surface area contributed by atoms with Gasteiger partial charge in [0.15, 0.2) is 5.69 Å². The molecule has 0 aliphatic carbocycles. The van der Waals surface area contributed by atoms with Gasteiger partial charge < -0.3 is 15.1 Å². The van der Waals surface area contributed by atoms with E-state index in [1.807, 2.05) is 11.0 Å². The molecule has 0 atom stereocenters. The molecule has 2 aliphatic heterocycles. The van der Waals surface area contributed by atoms with Crippen molar-refractivity contribution in [3.8, 4) is 0 Å². The van der Waals surface area contributed by atoms with Crippen LogP contribution >= 0.6 is 12.4 Å². The van der Waals surface area contributed by atoms with Crippen molar-refractivity contribution in [2.24, 2.45) is 0 Å². The maximum absolute atomic E-state index is 12.9. The van der Waals surface area contributed by atoms with Crippen molar-refractivity contribution in [2.75, 3.05) is 37.6 Å². The number of carbonyl (C=O) groups is 1. The molecule has 3 heterocycles. The second kappa shape index (κ2) is 7.89. The molecule has 1 saturated heterocycles. The molecule has 0 saturated carbocycles. The summed E-state index contributed by atoms with van der Waals surface area (Å²) in [6.07, 6.45) is 1.89. The van der Waals surface area contributed by atoms with Crippen LogP contribution in [0.1, 0.15) is 28.2 Å². The first kappa shape index (κ1) is 17.8. The second-order valence-electron chi connectivity index (χ2n) is 6.42. The maximum Gasteiger partial charge on any atom is 0.274 e. The van der Waals surface area contributed by atoms with Crippen LogP contribution in [0.2, 0.25) is 0 Å². The van der Waals surface area contributed by atoms with Gasteiger partial charge in [0.25, 0.3) is 5.91 Å². The number of halogens is 1. The molecule has 1 aromatic heterocycles. The van der Waals surface area contributed by atoms with Gasteiger partial charge in [0, 0.05) is 62.6 Å². The highest BCUT2D eigenvalue weighted by molar-refractivity contribution is 5.94. The Morgan fingerprint density at radius 3 is 2.76 bits per heavy atom. The smallest absolute Gasteiger partial charge is 0.274 e. The minimum absolute atomic E-state index is 0. The van der Waals surface area contributed by atoms with Crippen LogP contribution in [0.4, 0.5) is 5.69 Å². The number of aromatic amines is 1. The van der Waals surface area contributed by atoms with Crippen LogP contribution in [0, 0.1) is 0 Å². The summed E-state index contributed by atoms with van der Waals surface area (Å²) < 4.78 is 0. The van der Waals surface area contributed by atoms with Crippen LogP contribution in [-0.2, 0) is 13.0 Å². The van der Waals surface area contributed by atoms with Crippen molar-refractivity contribution < 1.29 is 4.79 Å². The normalized spacial score (nSPS) is 17.4. The van der Waals surface area contributed by atoms with Gasteiger partial charge in [-0.2, -0.15) is 5.10 Å². The van der Waals surface area contributed by atoms with E-state index in [0.717, 1.165) is 63.4 Å². The predicted octanol–water partition coefficient (Wildman–Crippen LogP) is 1.83. The Hall–Kier alpha value is -2.05. The summed E-state index contributed by atoms with van der Waals surface area (Å²) in [7, 11) is 0. The van der Waals surface area contributed by atoms with Gasteiger partial charge >= 0.3 is 0 Å². The number of anilines is 1. The number of hydrogen-bond acceptors (Lipinski definition) is 4. The average Bonchev–Trinajstić information content (AvgIpc) is 2.91. The average molecular weight is 362 g/mol. The first-order valence-corrected chi connectivity index (χ1v) is 8.69. The largest absolute Gasteiger partial charge is 0.370 e. The number of benzene rings is 1. The molecule has 7 heteroatoms. The van der Waals surface area contributed by atoms with Crippen molar-refractivity contribution in [2.45, 2.75) is 19.4 Å². The molecule has 6 nitrogen and oxygen atoms in total. The van der Waals surface area contributed by atoms with Gasteiger partial charge in [-0.05, 0) is 18.6 Å². The van der Waals surface area contributed by atoms with Gasteiger partial charge in [0.05, 0.1) is 0 Å². The lowest BCUT2D eigenvalue weighted by atomic mass is 10.1. The zero-order valence-corrected chi connectivity index (χ0v) is 15.0. The molecule has 0 radical (unpaired) electrons. The van der Waals surface area contributed by atoms with Gasteiger partial charge in [-0.1, -0.05) is 18.2 Å². The summed E-state index contributed by atoms with van der Waals surface area (Å²) in [5, 5.41) is 10.7.